The molecule has 0 atom stereocenters. The fourth-order valence-corrected chi connectivity index (χ4v) is 3.28. The van der Waals surface area contributed by atoms with Crippen molar-refractivity contribution in [2.45, 2.75) is 26.2 Å². The number of para-hydroxylation sites is 1. The van der Waals surface area contributed by atoms with Gasteiger partial charge in [-0.3, -0.25) is 0 Å². The second-order valence-corrected chi connectivity index (χ2v) is 7.25. The van der Waals surface area contributed by atoms with Crippen molar-refractivity contribution >= 4 is 34.9 Å². The van der Waals surface area contributed by atoms with E-state index in [4.69, 9.17) is 5.73 Å². The Labute approximate surface area is 176 Å². The fourth-order valence-electron chi connectivity index (χ4n) is 3.28. The number of nitrogens with zero attached hydrogens (tertiary/aromatic N) is 5. The van der Waals surface area contributed by atoms with Crippen LogP contribution in [0.4, 0.5) is 29.2 Å². The predicted octanol–water partition coefficient (Wildman–Crippen LogP) is 4.02. The molecule has 1 aliphatic heterocycles. The number of hydrogen-bond acceptors (Lipinski definition) is 8. The van der Waals surface area contributed by atoms with Crippen LogP contribution in [0.1, 0.15) is 31.7 Å². The highest BCUT2D eigenvalue weighted by Crippen LogP contribution is 2.20. The van der Waals surface area contributed by atoms with Crippen molar-refractivity contribution in [3.8, 4) is 0 Å². The molecule has 8 heteroatoms. The summed E-state index contributed by atoms with van der Waals surface area (Å²) in [5.41, 5.74) is 12.2. The zero-order valence-corrected chi connectivity index (χ0v) is 17.0. The van der Waals surface area contributed by atoms with Gasteiger partial charge in [-0.25, -0.2) is 5.43 Å². The van der Waals surface area contributed by atoms with Crippen molar-refractivity contribution in [3.63, 3.8) is 0 Å². The molecule has 1 aliphatic rings. The van der Waals surface area contributed by atoms with Gasteiger partial charge in [0.15, 0.2) is 0 Å². The number of nitrogens with one attached hydrogen (secondary N) is 2. The molecule has 1 fully saturated rings. The van der Waals surface area contributed by atoms with Gasteiger partial charge >= 0.3 is 0 Å². The molecule has 0 spiro atoms. The van der Waals surface area contributed by atoms with Gasteiger partial charge < -0.3 is 16.0 Å². The van der Waals surface area contributed by atoms with Crippen molar-refractivity contribution in [1.29, 1.82) is 0 Å². The Morgan fingerprint density at radius 2 is 1.60 bits per heavy atom. The van der Waals surface area contributed by atoms with Crippen molar-refractivity contribution in [1.82, 2.24) is 15.0 Å². The molecule has 2 aromatic carbocycles. The Kier molecular flexibility index (Phi) is 6.03. The van der Waals surface area contributed by atoms with Crippen molar-refractivity contribution in [2.24, 2.45) is 5.10 Å². The van der Waals surface area contributed by atoms with Crippen molar-refractivity contribution in [3.05, 3.63) is 60.2 Å². The number of anilines is 5. The maximum Gasteiger partial charge on any atom is 0.250 e. The first-order valence-corrected chi connectivity index (χ1v) is 10.2. The quantitative estimate of drug-likeness (QED) is 0.325. The number of hydrazone groups is 1. The fraction of sp³-hybridized carbons (Fsp3) is 0.273. The first-order chi connectivity index (χ1) is 14.7. The number of nitrogen functional groups attached to an aromatic ring is 1. The Balaban J connectivity index is 1.59. The lowest BCUT2D eigenvalue weighted by atomic mass is 10.1. The van der Waals surface area contributed by atoms with Crippen LogP contribution >= 0.6 is 0 Å². The predicted molar refractivity (Wildman–Crippen MR) is 122 cm³/mol. The minimum Gasteiger partial charge on any atom is -0.399 e. The van der Waals surface area contributed by atoms with Gasteiger partial charge in [-0.05, 0) is 56.0 Å². The van der Waals surface area contributed by atoms with E-state index in [9.17, 15) is 0 Å². The van der Waals surface area contributed by atoms with E-state index in [1.807, 2.05) is 61.5 Å². The van der Waals surface area contributed by atoms with Gasteiger partial charge in [0, 0.05) is 24.5 Å². The average molecular weight is 403 g/mol. The summed E-state index contributed by atoms with van der Waals surface area (Å²) in [6, 6.07) is 17.4. The maximum absolute atomic E-state index is 5.77. The normalized spacial score (nSPS) is 14.4. The van der Waals surface area contributed by atoms with Crippen LogP contribution in [0.15, 0.2) is 59.7 Å². The van der Waals surface area contributed by atoms with E-state index >= 15 is 0 Å². The second-order valence-electron chi connectivity index (χ2n) is 7.25. The third kappa shape index (κ3) is 5.02. The number of nitrogens with two attached hydrogens (primary N) is 1. The molecule has 4 rings (SSSR count). The van der Waals surface area contributed by atoms with E-state index in [-0.39, 0.29) is 0 Å². The van der Waals surface area contributed by atoms with Gasteiger partial charge in [0.1, 0.15) is 0 Å². The molecule has 154 valence electrons. The van der Waals surface area contributed by atoms with E-state index < -0.39 is 0 Å². The molecule has 0 aliphatic carbocycles. The summed E-state index contributed by atoms with van der Waals surface area (Å²) in [6.45, 7) is 3.82. The van der Waals surface area contributed by atoms with E-state index in [1.54, 1.807) is 0 Å². The Morgan fingerprint density at radius 3 is 2.33 bits per heavy atom. The van der Waals surface area contributed by atoms with E-state index in [1.165, 1.54) is 6.42 Å². The molecular weight excluding hydrogens is 376 g/mol. The summed E-state index contributed by atoms with van der Waals surface area (Å²) in [7, 11) is 0. The van der Waals surface area contributed by atoms with E-state index in [0.29, 0.717) is 17.8 Å². The molecule has 3 aromatic rings. The molecule has 8 nitrogen and oxygen atoms in total. The van der Waals surface area contributed by atoms with Gasteiger partial charge in [-0.1, -0.05) is 30.3 Å². The third-order valence-electron chi connectivity index (χ3n) is 4.94. The number of piperidine rings is 1. The molecule has 0 amide bonds. The minimum absolute atomic E-state index is 0.402. The molecule has 1 aromatic heterocycles. The Bertz CT molecular complexity index is 995. The van der Waals surface area contributed by atoms with Crippen LogP contribution in [-0.4, -0.2) is 33.8 Å². The van der Waals surface area contributed by atoms with Crippen LogP contribution in [0.2, 0.25) is 0 Å². The number of aromatic nitrogens is 3. The summed E-state index contributed by atoms with van der Waals surface area (Å²) in [5, 5.41) is 7.71. The highest BCUT2D eigenvalue weighted by Gasteiger charge is 2.16. The second kappa shape index (κ2) is 9.21. The summed E-state index contributed by atoms with van der Waals surface area (Å²) in [6.07, 6.45) is 3.53. The summed E-state index contributed by atoms with van der Waals surface area (Å²) in [5.74, 6) is 1.55. The monoisotopic (exact) mass is 402 g/mol. The first kappa shape index (κ1) is 19.6. The SMILES string of the molecule is CC(=NNc1nc(Nc2ccccc2)nc(N2CCCCC2)n1)c1ccc(N)cc1. The first-order valence-electron chi connectivity index (χ1n) is 10.2. The van der Waals surface area contributed by atoms with Crippen LogP contribution in [0, 0.1) is 0 Å². The molecule has 0 saturated carbocycles. The third-order valence-corrected chi connectivity index (χ3v) is 4.94. The number of rotatable bonds is 6. The van der Waals surface area contributed by atoms with Gasteiger partial charge in [0.2, 0.25) is 17.8 Å². The molecule has 0 radical (unpaired) electrons. The maximum atomic E-state index is 5.77. The van der Waals surface area contributed by atoms with Crippen LogP contribution in [0.5, 0.6) is 0 Å². The molecule has 2 heterocycles. The molecule has 0 bridgehead atoms. The van der Waals surface area contributed by atoms with Crippen molar-refractivity contribution < 1.29 is 0 Å². The van der Waals surface area contributed by atoms with E-state index in [2.05, 4.69) is 35.7 Å². The van der Waals surface area contributed by atoms with Crippen LogP contribution in [-0.2, 0) is 0 Å². The van der Waals surface area contributed by atoms with Gasteiger partial charge in [0.25, 0.3) is 0 Å². The average Bonchev–Trinajstić information content (AvgIpc) is 2.79. The van der Waals surface area contributed by atoms with Crippen LogP contribution < -0.4 is 21.4 Å². The number of benzene rings is 2. The summed E-state index contributed by atoms with van der Waals surface area (Å²) in [4.78, 5) is 15.9. The topological polar surface area (TPSA) is 104 Å². The Hall–Kier alpha value is -3.68. The number of hydrogen-bond donors (Lipinski definition) is 3. The zero-order chi connectivity index (χ0) is 20.8. The molecule has 1 saturated heterocycles. The highest BCUT2D eigenvalue weighted by molar-refractivity contribution is 5.99. The zero-order valence-electron chi connectivity index (χ0n) is 17.0. The lowest BCUT2D eigenvalue weighted by Gasteiger charge is -2.26. The highest BCUT2D eigenvalue weighted by atomic mass is 15.4. The molecule has 30 heavy (non-hydrogen) atoms. The molecular formula is C22H26N8. The largest absolute Gasteiger partial charge is 0.399 e. The standard InChI is InChI=1S/C22H26N8/c1-16(17-10-12-18(23)13-11-17)28-29-21-25-20(24-19-8-4-2-5-9-19)26-22(27-21)30-14-6-3-7-15-30/h2,4-5,8-13H,3,6-7,14-15,23H2,1H3,(H2,24,25,26,27,29). The molecule has 0 unspecified atom stereocenters. The van der Waals surface area contributed by atoms with Crippen molar-refractivity contribution in [2.75, 3.05) is 34.5 Å². The minimum atomic E-state index is 0.402. The lowest BCUT2D eigenvalue weighted by molar-refractivity contribution is 0.568. The van der Waals surface area contributed by atoms with Crippen LogP contribution in [0.25, 0.3) is 0 Å². The molecule has 4 N–H and O–H groups in total. The van der Waals surface area contributed by atoms with Gasteiger partial charge in [-0.15, -0.1) is 0 Å². The smallest absolute Gasteiger partial charge is 0.250 e. The van der Waals surface area contributed by atoms with Crippen LogP contribution in [0.3, 0.4) is 0 Å². The van der Waals surface area contributed by atoms with E-state index in [0.717, 1.165) is 48.6 Å². The summed E-state index contributed by atoms with van der Waals surface area (Å²) >= 11 is 0. The Morgan fingerprint density at radius 1 is 0.900 bits per heavy atom. The lowest BCUT2D eigenvalue weighted by Crippen LogP contribution is -2.31. The van der Waals surface area contributed by atoms with Gasteiger partial charge in [0.05, 0.1) is 5.71 Å². The summed E-state index contributed by atoms with van der Waals surface area (Å²) < 4.78 is 0. The van der Waals surface area contributed by atoms with Gasteiger partial charge in [-0.2, -0.15) is 20.1 Å².